The first kappa shape index (κ1) is 26.5. The minimum absolute atomic E-state index is 0. The van der Waals surface area contributed by atoms with Gasteiger partial charge in [0.15, 0.2) is 0 Å². The Morgan fingerprint density at radius 1 is 1.03 bits per heavy atom. The molecule has 168 valence electrons. The molecular weight excluding hydrogens is 454 g/mol. The molecule has 1 aromatic heterocycles. The molecule has 1 N–H and O–H groups in total. The molecule has 0 aliphatic carbocycles. The van der Waals surface area contributed by atoms with Crippen molar-refractivity contribution in [3.05, 3.63) is 65.9 Å². The van der Waals surface area contributed by atoms with Gasteiger partial charge in [0, 0.05) is 23.8 Å². The van der Waals surface area contributed by atoms with Crippen molar-refractivity contribution in [3.8, 4) is 0 Å². The fraction of sp³-hybridized carbons (Fsp3) is 0.238. The number of aromatic nitrogens is 1. The second-order valence-electron chi connectivity index (χ2n) is 6.67. The van der Waals surface area contributed by atoms with E-state index in [0.29, 0.717) is 28.9 Å². The molecule has 3 aromatic rings. The van der Waals surface area contributed by atoms with Crippen molar-refractivity contribution in [3.63, 3.8) is 0 Å². The van der Waals surface area contributed by atoms with Crippen LogP contribution < -0.4 is 5.32 Å². The highest BCUT2D eigenvalue weighted by Gasteiger charge is 2.33. The summed E-state index contributed by atoms with van der Waals surface area (Å²) in [6.07, 6.45) is -3.21. The highest BCUT2D eigenvalue weighted by atomic mass is 35.5. The number of fused-ring (bicyclic) bond motifs is 1. The molecule has 0 spiro atoms. The van der Waals surface area contributed by atoms with Gasteiger partial charge in [0.05, 0.1) is 22.3 Å². The van der Waals surface area contributed by atoms with Crippen LogP contribution in [0.2, 0.25) is 0 Å². The van der Waals surface area contributed by atoms with Crippen LogP contribution in [-0.4, -0.2) is 43.1 Å². The zero-order valence-corrected chi connectivity index (χ0v) is 18.4. The smallest absolute Gasteiger partial charge is 0.418 e. The molecule has 3 rings (SSSR count). The molecule has 0 amide bonds. The molecule has 0 fully saturated rings. The third kappa shape index (κ3) is 6.46. The predicted molar refractivity (Wildman–Crippen MR) is 120 cm³/mol. The summed E-state index contributed by atoms with van der Waals surface area (Å²) in [4.78, 5) is 18.2. The molecular formula is C21H22Cl2F3N3O2. The number of nitrogens with one attached hydrogen (secondary N) is 1. The quantitative estimate of drug-likeness (QED) is 0.473. The first-order chi connectivity index (χ1) is 13.8. The summed E-state index contributed by atoms with van der Waals surface area (Å²) < 4.78 is 45.2. The molecule has 31 heavy (non-hydrogen) atoms. The van der Waals surface area contributed by atoms with E-state index >= 15 is 0 Å². The van der Waals surface area contributed by atoms with Gasteiger partial charge in [-0.3, -0.25) is 4.98 Å². The molecule has 0 radical (unpaired) electrons. The predicted octanol–water partition coefficient (Wildman–Crippen LogP) is 5.56. The molecule has 0 aliphatic heterocycles. The highest BCUT2D eigenvalue weighted by Crippen LogP contribution is 2.36. The maximum absolute atomic E-state index is 13.3. The lowest BCUT2D eigenvalue weighted by atomic mass is 10.1. The van der Waals surface area contributed by atoms with Crippen molar-refractivity contribution < 1.29 is 22.7 Å². The van der Waals surface area contributed by atoms with Gasteiger partial charge in [-0.2, -0.15) is 13.2 Å². The monoisotopic (exact) mass is 475 g/mol. The summed E-state index contributed by atoms with van der Waals surface area (Å²) in [5.74, 6) is -0.510. The van der Waals surface area contributed by atoms with E-state index in [2.05, 4.69) is 10.3 Å². The van der Waals surface area contributed by atoms with Crippen LogP contribution in [0.5, 0.6) is 0 Å². The Hall–Kier alpha value is -2.55. The summed E-state index contributed by atoms with van der Waals surface area (Å²) in [5.41, 5.74) is 0.177. The van der Waals surface area contributed by atoms with Gasteiger partial charge in [0.2, 0.25) is 0 Å². The van der Waals surface area contributed by atoms with Gasteiger partial charge in [-0.05, 0) is 38.4 Å². The van der Waals surface area contributed by atoms with Crippen LogP contribution in [0, 0.1) is 0 Å². The lowest BCUT2D eigenvalue weighted by molar-refractivity contribution is -0.136. The number of esters is 1. The Balaban J connectivity index is 0.00000240. The van der Waals surface area contributed by atoms with Gasteiger partial charge in [0.1, 0.15) is 6.61 Å². The van der Waals surface area contributed by atoms with E-state index in [9.17, 15) is 18.0 Å². The van der Waals surface area contributed by atoms with Gasteiger partial charge in [-0.1, -0.05) is 24.3 Å². The molecule has 0 unspecified atom stereocenters. The number of rotatable bonds is 6. The molecule has 0 saturated carbocycles. The fourth-order valence-corrected chi connectivity index (χ4v) is 2.83. The number of benzene rings is 2. The van der Waals surface area contributed by atoms with Crippen molar-refractivity contribution in [1.82, 2.24) is 9.88 Å². The summed E-state index contributed by atoms with van der Waals surface area (Å²) in [6, 6.07) is 12.1. The van der Waals surface area contributed by atoms with Crippen molar-refractivity contribution in [2.45, 2.75) is 6.18 Å². The van der Waals surface area contributed by atoms with Crippen molar-refractivity contribution >= 4 is 53.1 Å². The van der Waals surface area contributed by atoms with Gasteiger partial charge < -0.3 is 15.0 Å². The first-order valence-electron chi connectivity index (χ1n) is 8.90. The fourth-order valence-electron chi connectivity index (χ4n) is 2.83. The van der Waals surface area contributed by atoms with Crippen LogP contribution in [0.4, 0.5) is 24.5 Å². The highest BCUT2D eigenvalue weighted by molar-refractivity contribution is 6.00. The van der Waals surface area contributed by atoms with Crippen LogP contribution in [-0.2, 0) is 10.9 Å². The van der Waals surface area contributed by atoms with Gasteiger partial charge >= 0.3 is 12.1 Å². The topological polar surface area (TPSA) is 54.5 Å². The molecule has 10 heteroatoms. The van der Waals surface area contributed by atoms with E-state index in [-0.39, 0.29) is 36.9 Å². The molecule has 5 nitrogen and oxygen atoms in total. The number of likely N-dealkylation sites (N-methyl/N-ethyl adjacent to an activating group) is 1. The summed E-state index contributed by atoms with van der Waals surface area (Å²) in [6.45, 7) is 0.809. The lowest BCUT2D eigenvalue weighted by Gasteiger charge is -2.15. The van der Waals surface area contributed by atoms with E-state index in [1.54, 1.807) is 36.4 Å². The number of nitrogens with zero attached hydrogens (tertiary/aromatic N) is 2. The second-order valence-corrected chi connectivity index (χ2v) is 6.67. The second kappa shape index (κ2) is 11.2. The zero-order valence-electron chi connectivity index (χ0n) is 16.8. The molecule has 0 saturated heterocycles. The number of carbonyl (C=O) groups is 1. The maximum atomic E-state index is 13.3. The van der Waals surface area contributed by atoms with Crippen molar-refractivity contribution in [2.24, 2.45) is 0 Å². The van der Waals surface area contributed by atoms with E-state index in [4.69, 9.17) is 4.74 Å². The Morgan fingerprint density at radius 2 is 1.74 bits per heavy atom. The van der Waals surface area contributed by atoms with E-state index in [1.807, 2.05) is 19.0 Å². The standard InChI is InChI=1S/C21H20F3N3O2.2ClH/c1-27(2)12-13-29-20(28)15-6-3-4-9-17(15)26-18-10-11-25-19-14(18)7-5-8-16(19)21(22,23)24;;/h3-11H,12-13H2,1-2H3,(H,25,26);2*1H. The number of hydrogen-bond donors (Lipinski definition) is 1. The average molecular weight is 476 g/mol. The third-order valence-electron chi connectivity index (χ3n) is 4.26. The summed E-state index contributed by atoms with van der Waals surface area (Å²) in [5, 5.41) is 3.36. The third-order valence-corrected chi connectivity index (χ3v) is 4.26. The van der Waals surface area contributed by atoms with Crippen LogP contribution in [0.25, 0.3) is 10.9 Å². The van der Waals surface area contributed by atoms with Crippen LogP contribution in [0.1, 0.15) is 15.9 Å². The van der Waals surface area contributed by atoms with E-state index in [1.165, 1.54) is 12.3 Å². The minimum Gasteiger partial charge on any atom is -0.461 e. The van der Waals surface area contributed by atoms with Gasteiger partial charge in [0.25, 0.3) is 0 Å². The van der Waals surface area contributed by atoms with Crippen LogP contribution >= 0.6 is 24.8 Å². The normalized spacial score (nSPS) is 10.9. The van der Waals surface area contributed by atoms with Crippen molar-refractivity contribution in [1.29, 1.82) is 0 Å². The molecule has 0 atom stereocenters. The van der Waals surface area contributed by atoms with Gasteiger partial charge in [-0.15, -0.1) is 24.8 Å². The number of halogens is 5. The number of pyridine rings is 1. The molecule has 2 aromatic carbocycles. The van der Waals surface area contributed by atoms with Crippen LogP contribution in [0.3, 0.4) is 0 Å². The average Bonchev–Trinajstić information content (AvgIpc) is 2.67. The Bertz CT molecular complexity index is 1030. The summed E-state index contributed by atoms with van der Waals surface area (Å²) >= 11 is 0. The number of para-hydroxylation sites is 2. The maximum Gasteiger partial charge on any atom is 0.418 e. The first-order valence-corrected chi connectivity index (χ1v) is 8.90. The molecule has 0 aliphatic rings. The lowest BCUT2D eigenvalue weighted by Crippen LogP contribution is -2.20. The molecule has 0 bridgehead atoms. The van der Waals surface area contributed by atoms with E-state index in [0.717, 1.165) is 6.07 Å². The number of hydrogen-bond acceptors (Lipinski definition) is 5. The van der Waals surface area contributed by atoms with E-state index < -0.39 is 17.7 Å². The SMILES string of the molecule is CN(C)CCOC(=O)c1ccccc1Nc1ccnc2c(C(F)(F)F)cccc12.Cl.Cl. The number of anilines is 2. The number of alkyl halides is 3. The van der Waals surface area contributed by atoms with Crippen LogP contribution in [0.15, 0.2) is 54.7 Å². The largest absolute Gasteiger partial charge is 0.461 e. The molecule has 1 heterocycles. The Labute approximate surface area is 190 Å². The summed E-state index contributed by atoms with van der Waals surface area (Å²) in [7, 11) is 3.74. The number of ether oxygens (including phenoxy) is 1. The number of carbonyl (C=O) groups excluding carboxylic acids is 1. The minimum atomic E-state index is -4.51. The Kier molecular flexibility index (Phi) is 9.55. The van der Waals surface area contributed by atoms with Gasteiger partial charge in [-0.25, -0.2) is 4.79 Å². The Morgan fingerprint density at radius 3 is 2.42 bits per heavy atom. The van der Waals surface area contributed by atoms with Crippen molar-refractivity contribution in [2.75, 3.05) is 32.6 Å². The zero-order chi connectivity index (χ0) is 21.0.